The molecular formula is C14H13N5O3S. The number of nitrogens with zero attached hydrogens (tertiary/aromatic N) is 2. The number of nitrogens with two attached hydrogens (primary N) is 2. The fraction of sp³-hybridized carbons (Fsp3) is 0. The van der Waals surface area contributed by atoms with E-state index in [2.05, 4.69) is 10.3 Å². The quantitative estimate of drug-likeness (QED) is 0.599. The van der Waals surface area contributed by atoms with Gasteiger partial charge in [0, 0.05) is 5.69 Å². The molecule has 0 atom stereocenters. The number of hydrogen-bond donors (Lipinski definition) is 3. The number of fused-ring (bicyclic) bond motifs is 1. The molecule has 0 aliphatic rings. The minimum atomic E-state index is -3.76. The first-order valence-corrected chi connectivity index (χ1v) is 8.07. The highest BCUT2D eigenvalue weighted by atomic mass is 32.2. The molecule has 5 N–H and O–H groups in total. The third kappa shape index (κ3) is 2.87. The highest BCUT2D eigenvalue weighted by molar-refractivity contribution is 7.89. The molecule has 2 aromatic carbocycles. The van der Waals surface area contributed by atoms with Crippen LogP contribution in [0, 0.1) is 0 Å². The smallest absolute Gasteiger partial charge is 0.281 e. The van der Waals surface area contributed by atoms with Gasteiger partial charge in [0.15, 0.2) is 0 Å². The maximum Gasteiger partial charge on any atom is 0.281 e. The number of benzene rings is 2. The predicted octanol–water partition coefficient (Wildman–Crippen LogP) is 0.501. The van der Waals surface area contributed by atoms with Crippen LogP contribution in [0.3, 0.4) is 0 Å². The Morgan fingerprint density at radius 3 is 2.35 bits per heavy atom. The summed E-state index contributed by atoms with van der Waals surface area (Å²) in [5.74, 6) is 5.90. The van der Waals surface area contributed by atoms with E-state index in [1.165, 1.54) is 24.3 Å². The zero-order chi connectivity index (χ0) is 16.6. The first kappa shape index (κ1) is 15.0. The van der Waals surface area contributed by atoms with E-state index in [0.29, 0.717) is 16.6 Å². The molecule has 0 amide bonds. The normalized spacial score (nSPS) is 11.5. The summed E-state index contributed by atoms with van der Waals surface area (Å²) < 4.78 is 23.4. The number of anilines is 2. The van der Waals surface area contributed by atoms with Crippen molar-refractivity contribution in [3.8, 4) is 0 Å². The summed E-state index contributed by atoms with van der Waals surface area (Å²) >= 11 is 0. The van der Waals surface area contributed by atoms with E-state index in [4.69, 9.17) is 11.0 Å². The summed E-state index contributed by atoms with van der Waals surface area (Å²) in [6.07, 6.45) is 0. The van der Waals surface area contributed by atoms with Crippen molar-refractivity contribution in [1.29, 1.82) is 0 Å². The third-order valence-electron chi connectivity index (χ3n) is 3.25. The molecule has 8 nitrogen and oxygen atoms in total. The molecule has 1 heterocycles. The summed E-state index contributed by atoms with van der Waals surface area (Å²) in [4.78, 5) is 16.5. The summed E-state index contributed by atoms with van der Waals surface area (Å²) in [6.45, 7) is 0. The van der Waals surface area contributed by atoms with Crippen LogP contribution in [0.1, 0.15) is 0 Å². The van der Waals surface area contributed by atoms with Crippen molar-refractivity contribution in [1.82, 2.24) is 9.66 Å². The predicted molar refractivity (Wildman–Crippen MR) is 87.3 cm³/mol. The van der Waals surface area contributed by atoms with Gasteiger partial charge in [-0.3, -0.25) is 4.79 Å². The lowest BCUT2D eigenvalue weighted by molar-refractivity contribution is 0.598. The Morgan fingerprint density at radius 1 is 1.04 bits per heavy atom. The van der Waals surface area contributed by atoms with Gasteiger partial charge in [-0.15, -0.1) is 0 Å². The number of aromatic nitrogens is 2. The van der Waals surface area contributed by atoms with Gasteiger partial charge in [0.2, 0.25) is 16.0 Å². The highest BCUT2D eigenvalue weighted by Gasteiger charge is 2.10. The molecule has 3 aromatic rings. The first-order chi connectivity index (χ1) is 10.9. The molecule has 1 aromatic heterocycles. The summed E-state index contributed by atoms with van der Waals surface area (Å²) in [5.41, 5.74) is 0.626. The standard InChI is InChI=1S/C14H13N5O3S/c15-19-13(20)11-3-1-2-4-12(11)18-14(19)17-9-5-7-10(8-6-9)23(16,21)22/h1-8H,15H2,(H,17,18)(H2,16,21,22). The zero-order valence-electron chi connectivity index (χ0n) is 11.8. The van der Waals surface area contributed by atoms with E-state index in [-0.39, 0.29) is 16.4 Å². The van der Waals surface area contributed by atoms with Crippen molar-refractivity contribution < 1.29 is 8.42 Å². The fourth-order valence-electron chi connectivity index (χ4n) is 2.09. The van der Waals surface area contributed by atoms with Gasteiger partial charge in [-0.05, 0) is 36.4 Å². The molecule has 0 fully saturated rings. The molecule has 0 aliphatic carbocycles. The second-order valence-corrected chi connectivity index (χ2v) is 6.38. The minimum Gasteiger partial charge on any atom is -0.333 e. The Morgan fingerprint density at radius 2 is 1.70 bits per heavy atom. The van der Waals surface area contributed by atoms with E-state index in [9.17, 15) is 13.2 Å². The topological polar surface area (TPSA) is 133 Å². The summed E-state index contributed by atoms with van der Waals surface area (Å²) in [6, 6.07) is 12.5. The van der Waals surface area contributed by atoms with E-state index in [1.54, 1.807) is 24.3 Å². The van der Waals surface area contributed by atoms with Crippen molar-refractivity contribution in [2.75, 3.05) is 11.2 Å². The number of nitrogens with one attached hydrogen (secondary N) is 1. The Kier molecular flexibility index (Phi) is 3.51. The van der Waals surface area contributed by atoms with Gasteiger partial charge in [0.25, 0.3) is 5.56 Å². The van der Waals surface area contributed by atoms with Crippen LogP contribution in [0.25, 0.3) is 10.9 Å². The van der Waals surface area contributed by atoms with Crippen molar-refractivity contribution in [3.63, 3.8) is 0 Å². The average molecular weight is 331 g/mol. The fourth-order valence-corrected chi connectivity index (χ4v) is 2.61. The van der Waals surface area contributed by atoms with Gasteiger partial charge < -0.3 is 11.2 Å². The van der Waals surface area contributed by atoms with Crippen LogP contribution >= 0.6 is 0 Å². The summed E-state index contributed by atoms with van der Waals surface area (Å²) in [7, 11) is -3.76. The van der Waals surface area contributed by atoms with E-state index < -0.39 is 10.0 Å². The largest absolute Gasteiger partial charge is 0.333 e. The van der Waals surface area contributed by atoms with Gasteiger partial charge in [-0.25, -0.2) is 18.5 Å². The third-order valence-corrected chi connectivity index (χ3v) is 4.18. The van der Waals surface area contributed by atoms with E-state index in [1.807, 2.05) is 0 Å². The molecule has 0 unspecified atom stereocenters. The maximum atomic E-state index is 12.2. The Hall–Kier alpha value is -2.91. The minimum absolute atomic E-state index is 0.0142. The average Bonchev–Trinajstić information content (AvgIpc) is 2.52. The number of para-hydroxylation sites is 1. The maximum absolute atomic E-state index is 12.2. The molecule has 0 saturated heterocycles. The molecule has 3 rings (SSSR count). The lowest BCUT2D eigenvalue weighted by atomic mass is 10.2. The molecule has 0 radical (unpaired) electrons. The van der Waals surface area contributed by atoms with E-state index in [0.717, 1.165) is 4.68 Å². The second kappa shape index (κ2) is 5.38. The number of nitrogen functional groups attached to an aromatic ring is 1. The van der Waals surface area contributed by atoms with E-state index >= 15 is 0 Å². The van der Waals surface area contributed by atoms with Gasteiger partial charge in [0.1, 0.15) is 0 Å². The Labute approximate surface area is 131 Å². The number of primary sulfonamides is 1. The number of rotatable bonds is 3. The molecule has 0 spiro atoms. The van der Waals surface area contributed by atoms with Gasteiger partial charge >= 0.3 is 0 Å². The second-order valence-electron chi connectivity index (χ2n) is 4.82. The van der Waals surface area contributed by atoms with Crippen molar-refractivity contribution in [3.05, 3.63) is 58.9 Å². The molecular weight excluding hydrogens is 318 g/mol. The number of hydrogen-bond acceptors (Lipinski definition) is 6. The van der Waals surface area contributed by atoms with Gasteiger partial charge in [-0.1, -0.05) is 12.1 Å². The van der Waals surface area contributed by atoms with Crippen LogP contribution in [-0.4, -0.2) is 18.1 Å². The molecule has 0 aliphatic heterocycles. The lowest BCUT2D eigenvalue weighted by Gasteiger charge is -2.11. The van der Waals surface area contributed by atoms with Crippen molar-refractivity contribution in [2.24, 2.45) is 5.14 Å². The van der Waals surface area contributed by atoms with Gasteiger partial charge in [0.05, 0.1) is 15.8 Å². The zero-order valence-corrected chi connectivity index (χ0v) is 12.6. The first-order valence-electron chi connectivity index (χ1n) is 6.53. The van der Waals surface area contributed by atoms with Crippen molar-refractivity contribution >= 4 is 32.6 Å². The van der Waals surface area contributed by atoms with Crippen LogP contribution in [0.15, 0.2) is 58.2 Å². The van der Waals surface area contributed by atoms with Crippen molar-refractivity contribution in [2.45, 2.75) is 4.90 Å². The van der Waals surface area contributed by atoms with Crippen LogP contribution in [-0.2, 0) is 10.0 Å². The van der Waals surface area contributed by atoms with Crippen LogP contribution in [0.5, 0.6) is 0 Å². The van der Waals surface area contributed by atoms with Crippen LogP contribution in [0.4, 0.5) is 11.6 Å². The van der Waals surface area contributed by atoms with Crippen LogP contribution in [0.2, 0.25) is 0 Å². The highest BCUT2D eigenvalue weighted by Crippen LogP contribution is 2.17. The SMILES string of the molecule is Nn1c(Nc2ccc(S(N)(=O)=O)cc2)nc2ccccc2c1=O. The Balaban J connectivity index is 2.02. The molecule has 118 valence electrons. The molecule has 0 saturated carbocycles. The monoisotopic (exact) mass is 331 g/mol. The van der Waals surface area contributed by atoms with Crippen LogP contribution < -0.4 is 21.9 Å². The molecule has 0 bridgehead atoms. The molecule has 23 heavy (non-hydrogen) atoms. The number of sulfonamides is 1. The molecule has 9 heteroatoms. The lowest BCUT2D eigenvalue weighted by Crippen LogP contribution is -2.30. The Bertz CT molecular complexity index is 1040. The summed E-state index contributed by atoms with van der Waals surface area (Å²) in [5, 5.41) is 8.32. The van der Waals surface area contributed by atoms with Gasteiger partial charge in [-0.2, -0.15) is 4.68 Å².